The Hall–Kier alpha value is -1.77. The van der Waals surface area contributed by atoms with Crippen molar-refractivity contribution in [3.05, 3.63) is 30.2 Å². The van der Waals surface area contributed by atoms with Crippen molar-refractivity contribution < 1.29 is 9.63 Å². The highest BCUT2D eigenvalue weighted by atomic mass is 16.5. The van der Waals surface area contributed by atoms with Gasteiger partial charge in [0, 0.05) is 51.0 Å². The Morgan fingerprint density at radius 2 is 2.04 bits per heavy atom. The highest BCUT2D eigenvalue weighted by Crippen LogP contribution is 2.38. The van der Waals surface area contributed by atoms with E-state index in [1.807, 2.05) is 12.3 Å². The number of rotatable bonds is 7. The third-order valence-electron chi connectivity index (χ3n) is 5.14. The Morgan fingerprint density at radius 1 is 1.24 bits per heavy atom. The Bertz CT molecular complexity index is 660. The van der Waals surface area contributed by atoms with E-state index in [-0.39, 0.29) is 6.04 Å². The van der Waals surface area contributed by atoms with E-state index in [2.05, 4.69) is 32.0 Å². The van der Waals surface area contributed by atoms with Gasteiger partial charge in [0.05, 0.1) is 18.7 Å². The molecular formula is C17H26N6O2. The highest BCUT2D eigenvalue weighted by molar-refractivity contribution is 5.04. The van der Waals surface area contributed by atoms with Crippen molar-refractivity contribution in [3.8, 4) is 0 Å². The molecule has 1 aliphatic heterocycles. The molecular weight excluding hydrogens is 320 g/mol. The van der Waals surface area contributed by atoms with E-state index in [9.17, 15) is 5.11 Å². The number of aliphatic hydroxyl groups is 1. The number of aromatic nitrogens is 4. The average molecular weight is 346 g/mol. The van der Waals surface area contributed by atoms with Crippen LogP contribution in [0.25, 0.3) is 0 Å². The van der Waals surface area contributed by atoms with Crippen LogP contribution in [0, 0.1) is 0 Å². The van der Waals surface area contributed by atoms with Gasteiger partial charge in [0.2, 0.25) is 5.89 Å². The monoisotopic (exact) mass is 346 g/mol. The molecule has 2 fully saturated rings. The zero-order valence-corrected chi connectivity index (χ0v) is 14.7. The molecule has 0 unspecified atom stereocenters. The topological polar surface area (TPSA) is 83.5 Å². The van der Waals surface area contributed by atoms with Crippen LogP contribution in [0.15, 0.2) is 23.0 Å². The molecule has 0 aromatic carbocycles. The van der Waals surface area contributed by atoms with Crippen LogP contribution in [0.5, 0.6) is 0 Å². The molecule has 4 rings (SSSR count). The molecule has 2 aliphatic rings. The lowest BCUT2D eigenvalue weighted by molar-refractivity contribution is 0.0459. The maximum atomic E-state index is 10.2. The summed E-state index contributed by atoms with van der Waals surface area (Å²) in [6.07, 6.45) is 5.59. The molecule has 2 atom stereocenters. The summed E-state index contributed by atoms with van der Waals surface area (Å²) in [6.45, 7) is 7.10. The SMILES string of the molecule is C[C@@H](c1nc(C2CC2)no1)N1CCN(C[C@@H](O)Cn2cccn2)CC1. The first-order valence-corrected chi connectivity index (χ1v) is 9.14. The Labute approximate surface area is 147 Å². The molecule has 8 heteroatoms. The smallest absolute Gasteiger partial charge is 0.243 e. The van der Waals surface area contributed by atoms with Crippen LogP contribution in [0.2, 0.25) is 0 Å². The Morgan fingerprint density at radius 3 is 2.72 bits per heavy atom. The largest absolute Gasteiger partial charge is 0.390 e. The van der Waals surface area contributed by atoms with Crippen LogP contribution in [0.1, 0.15) is 43.4 Å². The fourth-order valence-electron chi connectivity index (χ4n) is 3.39. The molecule has 3 heterocycles. The van der Waals surface area contributed by atoms with Crippen molar-refractivity contribution in [2.75, 3.05) is 32.7 Å². The molecule has 2 aromatic heterocycles. The van der Waals surface area contributed by atoms with Crippen LogP contribution in [-0.2, 0) is 6.54 Å². The number of nitrogens with zero attached hydrogens (tertiary/aromatic N) is 6. The van der Waals surface area contributed by atoms with E-state index in [1.165, 1.54) is 12.8 Å². The van der Waals surface area contributed by atoms with Crippen molar-refractivity contribution in [2.24, 2.45) is 0 Å². The molecule has 0 radical (unpaired) electrons. The molecule has 1 saturated carbocycles. The first-order chi connectivity index (χ1) is 12.2. The molecule has 25 heavy (non-hydrogen) atoms. The third-order valence-corrected chi connectivity index (χ3v) is 5.14. The van der Waals surface area contributed by atoms with Crippen LogP contribution >= 0.6 is 0 Å². The van der Waals surface area contributed by atoms with Crippen LogP contribution < -0.4 is 0 Å². The minimum Gasteiger partial charge on any atom is -0.390 e. The van der Waals surface area contributed by atoms with Gasteiger partial charge in [-0.1, -0.05) is 5.16 Å². The summed E-state index contributed by atoms with van der Waals surface area (Å²) < 4.78 is 7.24. The van der Waals surface area contributed by atoms with Gasteiger partial charge in [-0.2, -0.15) is 10.1 Å². The number of hydrogen-bond acceptors (Lipinski definition) is 7. The summed E-state index contributed by atoms with van der Waals surface area (Å²) in [7, 11) is 0. The molecule has 0 bridgehead atoms. The number of piperazine rings is 1. The van der Waals surface area contributed by atoms with E-state index in [0.29, 0.717) is 19.0 Å². The molecule has 1 saturated heterocycles. The quantitative estimate of drug-likeness (QED) is 0.797. The second kappa shape index (κ2) is 7.23. The zero-order valence-electron chi connectivity index (χ0n) is 14.7. The summed E-state index contributed by atoms with van der Waals surface area (Å²) in [5.74, 6) is 2.13. The predicted molar refractivity (Wildman–Crippen MR) is 90.9 cm³/mol. The van der Waals surface area contributed by atoms with E-state index in [1.54, 1.807) is 10.9 Å². The third kappa shape index (κ3) is 4.08. The maximum Gasteiger partial charge on any atom is 0.243 e. The van der Waals surface area contributed by atoms with E-state index < -0.39 is 6.10 Å². The number of β-amino-alcohol motifs (C(OH)–C–C–N with tert-alkyl or cyclic N) is 1. The van der Waals surface area contributed by atoms with E-state index in [4.69, 9.17) is 4.52 Å². The van der Waals surface area contributed by atoms with Gasteiger partial charge >= 0.3 is 0 Å². The van der Waals surface area contributed by atoms with Crippen LogP contribution in [0.3, 0.4) is 0 Å². The maximum absolute atomic E-state index is 10.2. The van der Waals surface area contributed by atoms with Crippen LogP contribution in [-0.4, -0.2) is 73.7 Å². The number of hydrogen-bond donors (Lipinski definition) is 1. The van der Waals surface area contributed by atoms with Crippen LogP contribution in [0.4, 0.5) is 0 Å². The molecule has 0 spiro atoms. The average Bonchev–Trinajstić information content (AvgIpc) is 3.13. The zero-order chi connectivity index (χ0) is 17.2. The molecule has 2 aromatic rings. The lowest BCUT2D eigenvalue weighted by Crippen LogP contribution is -2.49. The Balaban J connectivity index is 1.24. The minimum atomic E-state index is -0.402. The lowest BCUT2D eigenvalue weighted by atomic mass is 10.2. The first-order valence-electron chi connectivity index (χ1n) is 9.14. The van der Waals surface area contributed by atoms with Gasteiger partial charge in [-0.3, -0.25) is 14.5 Å². The molecule has 136 valence electrons. The summed E-state index contributed by atoms with van der Waals surface area (Å²) in [5.41, 5.74) is 0. The summed E-state index contributed by atoms with van der Waals surface area (Å²) in [6, 6.07) is 2.02. The lowest BCUT2D eigenvalue weighted by Gasteiger charge is -2.37. The van der Waals surface area contributed by atoms with Gasteiger partial charge in [0.1, 0.15) is 0 Å². The first kappa shape index (κ1) is 16.7. The van der Waals surface area contributed by atoms with Crippen molar-refractivity contribution in [3.63, 3.8) is 0 Å². The van der Waals surface area contributed by atoms with Crippen molar-refractivity contribution >= 4 is 0 Å². The van der Waals surface area contributed by atoms with Gasteiger partial charge in [-0.15, -0.1) is 0 Å². The van der Waals surface area contributed by atoms with Gasteiger partial charge in [0.25, 0.3) is 0 Å². The summed E-state index contributed by atoms with van der Waals surface area (Å²) >= 11 is 0. The van der Waals surface area contributed by atoms with Crippen molar-refractivity contribution in [1.82, 2.24) is 29.7 Å². The number of aliphatic hydroxyl groups excluding tert-OH is 1. The summed E-state index contributed by atoms with van der Waals surface area (Å²) in [5, 5.41) is 18.5. The van der Waals surface area contributed by atoms with Gasteiger partial charge in [0.15, 0.2) is 5.82 Å². The summed E-state index contributed by atoms with van der Waals surface area (Å²) in [4.78, 5) is 9.26. The second-order valence-electron chi connectivity index (χ2n) is 7.16. The van der Waals surface area contributed by atoms with Crippen molar-refractivity contribution in [2.45, 2.75) is 44.4 Å². The van der Waals surface area contributed by atoms with Gasteiger partial charge in [-0.25, -0.2) is 0 Å². The predicted octanol–water partition coefficient (Wildman–Crippen LogP) is 0.883. The fourth-order valence-corrected chi connectivity index (χ4v) is 3.39. The minimum absolute atomic E-state index is 0.149. The highest BCUT2D eigenvalue weighted by Gasteiger charge is 2.31. The molecule has 8 nitrogen and oxygen atoms in total. The van der Waals surface area contributed by atoms with E-state index >= 15 is 0 Å². The molecule has 1 aliphatic carbocycles. The van der Waals surface area contributed by atoms with Gasteiger partial charge in [-0.05, 0) is 25.8 Å². The second-order valence-corrected chi connectivity index (χ2v) is 7.16. The van der Waals surface area contributed by atoms with Gasteiger partial charge < -0.3 is 9.63 Å². The Kier molecular flexibility index (Phi) is 4.82. The standard InChI is InChI=1S/C17H26N6O2/c1-13(17-19-16(20-25-17)14-3-4-14)22-9-7-21(8-10-22)11-15(24)12-23-6-2-5-18-23/h2,5-6,13-15,24H,3-4,7-12H2,1H3/t13-,15+/m0/s1. The van der Waals surface area contributed by atoms with Crippen molar-refractivity contribution in [1.29, 1.82) is 0 Å². The molecule has 1 N–H and O–H groups in total. The molecule has 0 amide bonds. The fraction of sp³-hybridized carbons (Fsp3) is 0.706. The normalized spacial score (nSPS) is 22.2. The van der Waals surface area contributed by atoms with E-state index in [0.717, 1.165) is 37.9 Å².